The van der Waals surface area contributed by atoms with Crippen molar-refractivity contribution in [3.05, 3.63) is 45.9 Å². The predicted molar refractivity (Wildman–Crippen MR) is 84.7 cm³/mol. The number of nitrogen functional groups attached to an aromatic ring is 1. The van der Waals surface area contributed by atoms with Crippen LogP contribution in [0.15, 0.2) is 40.9 Å². The van der Waals surface area contributed by atoms with Gasteiger partial charge in [-0.15, -0.1) is 0 Å². The molecule has 0 radical (unpaired) electrons. The summed E-state index contributed by atoms with van der Waals surface area (Å²) in [7, 11) is 1.61. The largest absolute Gasteiger partial charge is 0.494 e. The molecule has 3 aromatic rings. The minimum Gasteiger partial charge on any atom is -0.494 e. The van der Waals surface area contributed by atoms with Crippen LogP contribution in [-0.2, 0) is 0 Å². The Morgan fingerprint density at radius 1 is 1.30 bits per heavy atom. The van der Waals surface area contributed by atoms with Crippen LogP contribution in [0.4, 0.5) is 5.95 Å². The normalized spacial score (nSPS) is 10.9. The second-order valence-corrected chi connectivity index (χ2v) is 5.55. The Bertz CT molecular complexity index is 800. The average molecular weight is 353 g/mol. The molecular formula is C14H11BrClN3O. The van der Waals surface area contributed by atoms with Gasteiger partial charge in [-0.05, 0) is 30.3 Å². The van der Waals surface area contributed by atoms with Gasteiger partial charge in [-0.25, -0.2) is 4.98 Å². The number of hydrogen-bond donors (Lipinski definition) is 1. The van der Waals surface area contributed by atoms with E-state index in [9.17, 15) is 0 Å². The van der Waals surface area contributed by atoms with Crippen LogP contribution in [0.25, 0.3) is 16.7 Å². The van der Waals surface area contributed by atoms with Gasteiger partial charge in [0.1, 0.15) is 11.3 Å². The zero-order valence-corrected chi connectivity index (χ0v) is 12.9. The van der Waals surface area contributed by atoms with Crippen LogP contribution < -0.4 is 10.5 Å². The first-order valence-electron chi connectivity index (χ1n) is 5.88. The van der Waals surface area contributed by atoms with Crippen molar-refractivity contribution in [3.63, 3.8) is 0 Å². The summed E-state index contributed by atoms with van der Waals surface area (Å²) in [5.74, 6) is 1.05. The van der Waals surface area contributed by atoms with E-state index in [2.05, 4.69) is 20.9 Å². The molecule has 0 amide bonds. The van der Waals surface area contributed by atoms with Gasteiger partial charge >= 0.3 is 0 Å². The molecule has 2 N–H and O–H groups in total. The Balaban J connectivity index is 2.34. The van der Waals surface area contributed by atoms with Crippen molar-refractivity contribution in [3.8, 4) is 11.4 Å². The summed E-state index contributed by atoms with van der Waals surface area (Å²) in [5, 5.41) is 0.591. The maximum absolute atomic E-state index is 6.30. The number of nitrogens with zero attached hydrogens (tertiary/aromatic N) is 2. The van der Waals surface area contributed by atoms with Crippen LogP contribution in [0.1, 0.15) is 0 Å². The fourth-order valence-corrected chi connectivity index (χ4v) is 2.93. The van der Waals surface area contributed by atoms with Gasteiger partial charge in [-0.3, -0.25) is 4.57 Å². The fraction of sp³-hybridized carbons (Fsp3) is 0.0714. The van der Waals surface area contributed by atoms with Gasteiger partial charge in [0.05, 0.1) is 23.3 Å². The minimum atomic E-state index is 0.369. The summed E-state index contributed by atoms with van der Waals surface area (Å²) in [6.07, 6.45) is 0. The minimum absolute atomic E-state index is 0.369. The van der Waals surface area contributed by atoms with Crippen LogP contribution in [0, 0.1) is 0 Å². The van der Waals surface area contributed by atoms with Gasteiger partial charge < -0.3 is 10.5 Å². The third kappa shape index (κ3) is 2.03. The van der Waals surface area contributed by atoms with E-state index in [1.54, 1.807) is 7.11 Å². The molecule has 0 fully saturated rings. The van der Waals surface area contributed by atoms with Crippen molar-refractivity contribution in [2.45, 2.75) is 0 Å². The maximum atomic E-state index is 6.30. The SMILES string of the molecule is COc1cccc2c1nc(N)n2-c1ccc(Br)cc1Cl. The maximum Gasteiger partial charge on any atom is 0.206 e. The summed E-state index contributed by atoms with van der Waals surface area (Å²) < 4.78 is 8.03. The number of halogens is 2. The number of ether oxygens (including phenoxy) is 1. The molecule has 1 heterocycles. The highest BCUT2D eigenvalue weighted by atomic mass is 79.9. The van der Waals surface area contributed by atoms with E-state index in [1.807, 2.05) is 41.0 Å². The molecule has 0 spiro atoms. The number of methoxy groups -OCH3 is 1. The molecule has 102 valence electrons. The lowest BCUT2D eigenvalue weighted by atomic mass is 10.2. The standard InChI is InChI=1S/C14H11BrClN3O/c1-20-12-4-2-3-11-13(12)18-14(17)19(11)10-6-5-8(15)7-9(10)16/h2-7H,1H3,(H2,17,18). The van der Waals surface area contributed by atoms with E-state index >= 15 is 0 Å². The van der Waals surface area contributed by atoms with E-state index < -0.39 is 0 Å². The quantitative estimate of drug-likeness (QED) is 0.757. The zero-order valence-electron chi connectivity index (χ0n) is 10.6. The highest BCUT2D eigenvalue weighted by molar-refractivity contribution is 9.10. The van der Waals surface area contributed by atoms with Crippen LogP contribution in [0.5, 0.6) is 5.75 Å². The number of nitrogens with two attached hydrogens (primary N) is 1. The first-order chi connectivity index (χ1) is 9.61. The van der Waals surface area contributed by atoms with E-state index in [0.29, 0.717) is 22.2 Å². The zero-order chi connectivity index (χ0) is 14.3. The summed E-state index contributed by atoms with van der Waals surface area (Å²) >= 11 is 9.69. The van der Waals surface area contributed by atoms with Crippen molar-refractivity contribution < 1.29 is 4.74 Å². The third-order valence-corrected chi connectivity index (χ3v) is 3.84. The van der Waals surface area contributed by atoms with E-state index in [4.69, 9.17) is 22.1 Å². The topological polar surface area (TPSA) is 53.1 Å². The van der Waals surface area contributed by atoms with E-state index in [1.165, 1.54) is 0 Å². The molecule has 20 heavy (non-hydrogen) atoms. The van der Waals surface area contributed by atoms with Crippen molar-refractivity contribution >= 4 is 44.5 Å². The van der Waals surface area contributed by atoms with E-state index in [-0.39, 0.29) is 0 Å². The van der Waals surface area contributed by atoms with Gasteiger partial charge in [0, 0.05) is 4.47 Å². The second-order valence-electron chi connectivity index (χ2n) is 4.23. The summed E-state index contributed by atoms with van der Waals surface area (Å²) in [5.41, 5.74) is 8.39. The summed E-state index contributed by atoms with van der Waals surface area (Å²) in [6, 6.07) is 11.3. The van der Waals surface area contributed by atoms with Crippen LogP contribution in [-0.4, -0.2) is 16.7 Å². The van der Waals surface area contributed by atoms with Crippen LogP contribution in [0.2, 0.25) is 5.02 Å². The Kier molecular flexibility index (Phi) is 3.31. The number of para-hydroxylation sites is 1. The molecular weight excluding hydrogens is 342 g/mol. The van der Waals surface area contributed by atoms with Gasteiger partial charge in [0.25, 0.3) is 0 Å². The molecule has 2 aromatic carbocycles. The molecule has 6 heteroatoms. The monoisotopic (exact) mass is 351 g/mol. The van der Waals surface area contributed by atoms with Gasteiger partial charge in [-0.2, -0.15) is 0 Å². The average Bonchev–Trinajstić information content (AvgIpc) is 2.75. The number of anilines is 1. The van der Waals surface area contributed by atoms with Gasteiger partial charge in [-0.1, -0.05) is 33.6 Å². The van der Waals surface area contributed by atoms with E-state index in [0.717, 1.165) is 15.7 Å². The number of imidazole rings is 1. The van der Waals surface area contributed by atoms with Gasteiger partial charge in [0.2, 0.25) is 5.95 Å². The van der Waals surface area contributed by atoms with Crippen LogP contribution in [0.3, 0.4) is 0 Å². The molecule has 0 atom stereocenters. The van der Waals surface area contributed by atoms with Crippen molar-refractivity contribution in [2.24, 2.45) is 0 Å². The molecule has 0 saturated heterocycles. The molecule has 0 saturated carbocycles. The Labute approximate surface area is 129 Å². The number of hydrogen-bond acceptors (Lipinski definition) is 3. The van der Waals surface area contributed by atoms with Crippen LogP contribution >= 0.6 is 27.5 Å². The highest BCUT2D eigenvalue weighted by Gasteiger charge is 2.15. The number of aromatic nitrogens is 2. The molecule has 0 unspecified atom stereocenters. The van der Waals surface area contributed by atoms with Crippen molar-refractivity contribution in [1.29, 1.82) is 0 Å². The Hall–Kier alpha value is -1.72. The summed E-state index contributed by atoms with van der Waals surface area (Å²) in [6.45, 7) is 0. The molecule has 0 bridgehead atoms. The first-order valence-corrected chi connectivity index (χ1v) is 7.05. The number of rotatable bonds is 2. The summed E-state index contributed by atoms with van der Waals surface area (Å²) in [4.78, 5) is 4.37. The lowest BCUT2D eigenvalue weighted by Gasteiger charge is -2.09. The molecule has 0 aliphatic carbocycles. The number of benzene rings is 2. The molecule has 0 aliphatic rings. The molecule has 3 rings (SSSR count). The Morgan fingerprint density at radius 2 is 2.10 bits per heavy atom. The smallest absolute Gasteiger partial charge is 0.206 e. The second kappa shape index (κ2) is 5.00. The Morgan fingerprint density at radius 3 is 2.80 bits per heavy atom. The highest BCUT2D eigenvalue weighted by Crippen LogP contribution is 2.33. The predicted octanol–water partition coefficient (Wildman–Crippen LogP) is 4.03. The van der Waals surface area contributed by atoms with Gasteiger partial charge in [0.15, 0.2) is 0 Å². The first kappa shape index (κ1) is 13.3. The number of fused-ring (bicyclic) bond motifs is 1. The third-order valence-electron chi connectivity index (χ3n) is 3.04. The molecule has 1 aromatic heterocycles. The lowest BCUT2D eigenvalue weighted by Crippen LogP contribution is -2.01. The van der Waals surface area contributed by atoms with Crippen molar-refractivity contribution in [2.75, 3.05) is 12.8 Å². The molecule has 4 nitrogen and oxygen atoms in total. The molecule has 0 aliphatic heterocycles. The van der Waals surface area contributed by atoms with Crippen molar-refractivity contribution in [1.82, 2.24) is 9.55 Å². The fourth-order valence-electron chi connectivity index (χ4n) is 2.17. The lowest BCUT2D eigenvalue weighted by molar-refractivity contribution is 0.419.